The van der Waals surface area contributed by atoms with Gasteiger partial charge in [0.05, 0.1) is 5.57 Å². The molecule has 0 fully saturated rings. The van der Waals surface area contributed by atoms with Crippen LogP contribution < -0.4 is 5.32 Å². The van der Waals surface area contributed by atoms with Crippen molar-refractivity contribution >= 4 is 23.2 Å². The van der Waals surface area contributed by atoms with Crippen LogP contribution in [0.2, 0.25) is 0 Å². The molecule has 4 heteroatoms. The van der Waals surface area contributed by atoms with Gasteiger partial charge in [-0.3, -0.25) is 0 Å². The van der Waals surface area contributed by atoms with Crippen LogP contribution in [0.1, 0.15) is 6.92 Å². The van der Waals surface area contributed by atoms with Gasteiger partial charge in [0.1, 0.15) is 4.99 Å². The largest absolute Gasteiger partial charge is 0.478 e. The molecule has 0 heterocycles. The fraction of sp³-hybridized carbons (Fsp3) is 0.111. The monoisotopic (exact) mass is 197 g/mol. The second kappa shape index (κ2) is 6.14. The quantitative estimate of drug-likeness (QED) is 0.408. The van der Waals surface area contributed by atoms with E-state index >= 15 is 0 Å². The molecule has 0 radical (unpaired) electrons. The molecule has 2 N–H and O–H groups in total. The molecule has 0 spiro atoms. The van der Waals surface area contributed by atoms with Gasteiger partial charge in [0.2, 0.25) is 0 Å². The Balaban J connectivity index is 4.45. The van der Waals surface area contributed by atoms with E-state index in [4.69, 9.17) is 17.3 Å². The molecule has 0 aliphatic rings. The van der Waals surface area contributed by atoms with Crippen molar-refractivity contribution in [3.8, 4) is 0 Å². The first-order chi connectivity index (χ1) is 6.11. The average molecular weight is 197 g/mol. The maximum absolute atomic E-state index is 10.6. The smallest absolute Gasteiger partial charge is 0.337 e. The number of hydrogen-bond donors (Lipinski definition) is 2. The normalized spacial score (nSPS) is 11.3. The van der Waals surface area contributed by atoms with Gasteiger partial charge in [0, 0.05) is 6.20 Å². The molecule has 0 saturated heterocycles. The summed E-state index contributed by atoms with van der Waals surface area (Å²) in [5.74, 6) is -1.00. The Labute approximate surface area is 82.5 Å². The zero-order valence-electron chi connectivity index (χ0n) is 7.28. The second-order valence-corrected chi connectivity index (χ2v) is 2.56. The molecule has 0 atom stereocenters. The molecule has 0 aromatic heterocycles. The zero-order valence-corrected chi connectivity index (χ0v) is 8.10. The van der Waals surface area contributed by atoms with Crippen LogP contribution in [-0.4, -0.2) is 16.1 Å². The molecule has 0 aromatic rings. The lowest BCUT2D eigenvalue weighted by Gasteiger charge is -1.97. The van der Waals surface area contributed by atoms with Crippen LogP contribution in [0.3, 0.4) is 0 Å². The summed E-state index contributed by atoms with van der Waals surface area (Å²) < 4.78 is 0. The molecule has 0 unspecified atom stereocenters. The molecule has 0 rings (SSSR count). The van der Waals surface area contributed by atoms with E-state index in [1.54, 1.807) is 13.0 Å². The maximum Gasteiger partial charge on any atom is 0.337 e. The fourth-order valence-corrected chi connectivity index (χ4v) is 0.627. The molecule has 3 nitrogen and oxygen atoms in total. The first-order valence-corrected chi connectivity index (χ1v) is 4.01. The van der Waals surface area contributed by atoms with Crippen LogP contribution >= 0.6 is 12.2 Å². The topological polar surface area (TPSA) is 49.3 Å². The van der Waals surface area contributed by atoms with Crippen molar-refractivity contribution in [3.05, 3.63) is 36.6 Å². The van der Waals surface area contributed by atoms with Gasteiger partial charge < -0.3 is 10.4 Å². The van der Waals surface area contributed by atoms with Crippen molar-refractivity contribution in [2.24, 2.45) is 0 Å². The van der Waals surface area contributed by atoms with Crippen molar-refractivity contribution in [1.29, 1.82) is 0 Å². The standard InChI is InChI=1S/C9H11NO2S/c1-3-5-7(9(11)12)6-10-8(13)4-2/h3-6H,2H2,1H3,(H,10,13)(H,11,12)/b5-3-,7-6+. The lowest BCUT2D eigenvalue weighted by molar-refractivity contribution is -0.132. The van der Waals surface area contributed by atoms with Gasteiger partial charge in [-0.05, 0) is 13.0 Å². The summed E-state index contributed by atoms with van der Waals surface area (Å²) >= 11 is 4.75. The molecular weight excluding hydrogens is 186 g/mol. The Bertz CT molecular complexity index is 279. The Morgan fingerprint density at radius 1 is 1.62 bits per heavy atom. The Kier molecular flexibility index (Phi) is 5.47. The Hall–Kier alpha value is -1.42. The first kappa shape index (κ1) is 11.6. The van der Waals surface area contributed by atoms with Crippen LogP contribution in [0.5, 0.6) is 0 Å². The van der Waals surface area contributed by atoms with E-state index in [9.17, 15) is 4.79 Å². The van der Waals surface area contributed by atoms with Gasteiger partial charge in [-0.25, -0.2) is 4.79 Å². The third-order valence-electron chi connectivity index (χ3n) is 1.15. The van der Waals surface area contributed by atoms with Crippen molar-refractivity contribution in [2.45, 2.75) is 6.92 Å². The van der Waals surface area contributed by atoms with E-state index in [0.717, 1.165) is 0 Å². The number of carbonyl (C=O) groups is 1. The molecule has 0 bridgehead atoms. The van der Waals surface area contributed by atoms with Gasteiger partial charge in [-0.2, -0.15) is 0 Å². The Morgan fingerprint density at radius 3 is 2.62 bits per heavy atom. The molecule has 0 amide bonds. The second-order valence-electron chi connectivity index (χ2n) is 2.12. The molecular formula is C9H11NO2S. The van der Waals surface area contributed by atoms with E-state index in [1.165, 1.54) is 18.4 Å². The summed E-state index contributed by atoms with van der Waals surface area (Å²) in [6, 6.07) is 0. The maximum atomic E-state index is 10.6. The Morgan fingerprint density at radius 2 is 2.23 bits per heavy atom. The number of carboxylic acids is 1. The molecule has 0 aromatic carbocycles. The van der Waals surface area contributed by atoms with E-state index < -0.39 is 5.97 Å². The third kappa shape index (κ3) is 4.92. The van der Waals surface area contributed by atoms with Crippen LogP contribution in [0, 0.1) is 0 Å². The summed E-state index contributed by atoms with van der Waals surface area (Å²) in [6.45, 7) is 5.17. The van der Waals surface area contributed by atoms with E-state index in [0.29, 0.717) is 4.99 Å². The lowest BCUT2D eigenvalue weighted by Crippen LogP contribution is -2.13. The summed E-state index contributed by atoms with van der Waals surface area (Å²) in [6.07, 6.45) is 5.87. The minimum Gasteiger partial charge on any atom is -0.478 e. The highest BCUT2D eigenvalue weighted by Crippen LogP contribution is 1.95. The van der Waals surface area contributed by atoms with Crippen molar-refractivity contribution in [1.82, 2.24) is 5.32 Å². The minimum atomic E-state index is -1.00. The predicted octanol–water partition coefficient (Wildman–Crippen LogP) is 1.63. The zero-order chi connectivity index (χ0) is 10.3. The summed E-state index contributed by atoms with van der Waals surface area (Å²) in [5.41, 5.74) is 0.145. The lowest BCUT2D eigenvalue weighted by atomic mass is 10.2. The highest BCUT2D eigenvalue weighted by Gasteiger charge is 2.01. The van der Waals surface area contributed by atoms with Gasteiger partial charge in [0.15, 0.2) is 0 Å². The first-order valence-electron chi connectivity index (χ1n) is 3.61. The molecule has 13 heavy (non-hydrogen) atoms. The van der Waals surface area contributed by atoms with E-state index in [2.05, 4.69) is 11.9 Å². The van der Waals surface area contributed by atoms with Crippen LogP contribution in [-0.2, 0) is 4.79 Å². The number of carboxylic acid groups (broad SMARTS) is 1. The van der Waals surface area contributed by atoms with Gasteiger partial charge in [-0.15, -0.1) is 0 Å². The average Bonchev–Trinajstić information content (AvgIpc) is 2.11. The predicted molar refractivity (Wildman–Crippen MR) is 56.5 cm³/mol. The summed E-state index contributed by atoms with van der Waals surface area (Å²) in [4.78, 5) is 11.0. The van der Waals surface area contributed by atoms with Gasteiger partial charge in [-0.1, -0.05) is 30.9 Å². The summed E-state index contributed by atoms with van der Waals surface area (Å²) in [7, 11) is 0. The number of allylic oxidation sites excluding steroid dienone is 1. The number of hydrogen-bond acceptors (Lipinski definition) is 2. The van der Waals surface area contributed by atoms with Crippen LogP contribution in [0.4, 0.5) is 0 Å². The SMILES string of the molecule is C=CC(=S)N/C=C(\C=C/C)C(=O)O. The number of aliphatic carboxylic acids is 1. The number of rotatable bonds is 4. The molecule has 70 valence electrons. The van der Waals surface area contributed by atoms with Crippen molar-refractivity contribution in [3.63, 3.8) is 0 Å². The van der Waals surface area contributed by atoms with Gasteiger partial charge >= 0.3 is 5.97 Å². The van der Waals surface area contributed by atoms with Crippen LogP contribution in [0.25, 0.3) is 0 Å². The number of nitrogens with one attached hydrogen (secondary N) is 1. The third-order valence-corrected chi connectivity index (χ3v) is 1.43. The van der Waals surface area contributed by atoms with Crippen molar-refractivity contribution < 1.29 is 9.90 Å². The summed E-state index contributed by atoms with van der Waals surface area (Å²) in [5, 5.41) is 11.3. The van der Waals surface area contributed by atoms with E-state index in [1.807, 2.05) is 0 Å². The van der Waals surface area contributed by atoms with E-state index in [-0.39, 0.29) is 5.57 Å². The van der Waals surface area contributed by atoms with Gasteiger partial charge in [0.25, 0.3) is 0 Å². The van der Waals surface area contributed by atoms with Crippen LogP contribution in [0.15, 0.2) is 36.6 Å². The highest BCUT2D eigenvalue weighted by atomic mass is 32.1. The molecule has 0 aliphatic carbocycles. The van der Waals surface area contributed by atoms with Crippen molar-refractivity contribution in [2.75, 3.05) is 0 Å². The fourth-order valence-electron chi connectivity index (χ4n) is 0.569. The number of thiocarbonyl (C=S) groups is 1. The highest BCUT2D eigenvalue weighted by molar-refractivity contribution is 7.80. The molecule has 0 aliphatic heterocycles. The minimum absolute atomic E-state index is 0.145. The molecule has 0 saturated carbocycles.